The molecule has 0 aliphatic heterocycles. The topological polar surface area (TPSA) is 39.2 Å². The Morgan fingerprint density at radius 2 is 2.18 bits per heavy atom. The summed E-state index contributed by atoms with van der Waals surface area (Å²) in [6.07, 6.45) is 2.41. The van der Waals surface area contributed by atoms with Gasteiger partial charge in [-0.05, 0) is 35.9 Å². The molecule has 1 heterocycles. The molecule has 1 aromatic carbocycles. The van der Waals surface area contributed by atoms with E-state index >= 15 is 0 Å². The maximum absolute atomic E-state index is 10.8. The van der Waals surface area contributed by atoms with Gasteiger partial charge in [-0.1, -0.05) is 11.6 Å². The smallest absolute Gasteiger partial charge is 0.221 e. The molecule has 0 aliphatic rings. The summed E-state index contributed by atoms with van der Waals surface area (Å²) in [5.74, 6) is 0.506. The summed E-state index contributed by atoms with van der Waals surface area (Å²) >= 11 is 5.95. The number of rotatable bonds is 3. The number of methoxy groups -OCH3 is 1. The first-order valence-electron chi connectivity index (χ1n) is 4.99. The van der Waals surface area contributed by atoms with Gasteiger partial charge in [0.15, 0.2) is 0 Å². The van der Waals surface area contributed by atoms with Crippen molar-refractivity contribution in [2.24, 2.45) is 0 Å². The standard InChI is InChI=1S/C13H10ClNO2/c1-17-13-12(3-2-4-15-13)10-5-9(8-16)6-11(14)7-10/h2-8H,1H3. The van der Waals surface area contributed by atoms with E-state index in [1.807, 2.05) is 6.07 Å². The van der Waals surface area contributed by atoms with Gasteiger partial charge in [0.05, 0.1) is 7.11 Å². The predicted molar refractivity (Wildman–Crippen MR) is 66.6 cm³/mol. The quantitative estimate of drug-likeness (QED) is 0.782. The van der Waals surface area contributed by atoms with Gasteiger partial charge < -0.3 is 4.74 Å². The van der Waals surface area contributed by atoms with Crippen LogP contribution in [0.25, 0.3) is 11.1 Å². The van der Waals surface area contributed by atoms with E-state index in [2.05, 4.69) is 4.98 Å². The molecular weight excluding hydrogens is 238 g/mol. The van der Waals surface area contributed by atoms with Crippen molar-refractivity contribution in [1.82, 2.24) is 4.98 Å². The van der Waals surface area contributed by atoms with Crippen molar-refractivity contribution in [3.63, 3.8) is 0 Å². The molecule has 0 radical (unpaired) electrons. The second-order valence-electron chi connectivity index (χ2n) is 3.45. The van der Waals surface area contributed by atoms with E-state index in [1.165, 1.54) is 0 Å². The molecule has 4 heteroatoms. The molecule has 86 valence electrons. The second kappa shape index (κ2) is 4.97. The highest BCUT2D eigenvalue weighted by Gasteiger charge is 2.08. The van der Waals surface area contributed by atoms with E-state index in [1.54, 1.807) is 37.6 Å². The number of nitrogens with zero attached hydrogens (tertiary/aromatic N) is 1. The van der Waals surface area contributed by atoms with Gasteiger partial charge in [0.25, 0.3) is 0 Å². The van der Waals surface area contributed by atoms with Gasteiger partial charge in [0.1, 0.15) is 6.29 Å². The molecule has 0 unspecified atom stereocenters. The summed E-state index contributed by atoms with van der Waals surface area (Å²) in [6, 6.07) is 8.80. The molecular formula is C13H10ClNO2. The van der Waals surface area contributed by atoms with Crippen LogP contribution in [0.15, 0.2) is 36.5 Å². The lowest BCUT2D eigenvalue weighted by molar-refractivity contribution is 0.112. The molecule has 0 fully saturated rings. The number of ether oxygens (including phenoxy) is 1. The second-order valence-corrected chi connectivity index (χ2v) is 3.89. The normalized spacial score (nSPS) is 10.0. The van der Waals surface area contributed by atoms with Crippen molar-refractivity contribution < 1.29 is 9.53 Å². The van der Waals surface area contributed by atoms with Crippen molar-refractivity contribution >= 4 is 17.9 Å². The molecule has 0 N–H and O–H groups in total. The summed E-state index contributed by atoms with van der Waals surface area (Å²) < 4.78 is 5.17. The minimum Gasteiger partial charge on any atom is -0.481 e. The highest BCUT2D eigenvalue weighted by Crippen LogP contribution is 2.30. The van der Waals surface area contributed by atoms with Crippen LogP contribution in [0, 0.1) is 0 Å². The molecule has 1 aromatic heterocycles. The number of aldehydes is 1. The lowest BCUT2D eigenvalue weighted by Crippen LogP contribution is -1.91. The number of halogens is 1. The van der Waals surface area contributed by atoms with Crippen molar-refractivity contribution in [1.29, 1.82) is 0 Å². The summed E-state index contributed by atoms with van der Waals surface area (Å²) in [5, 5.41) is 0.510. The Bertz CT molecular complexity index is 555. The van der Waals surface area contributed by atoms with Crippen molar-refractivity contribution in [3.8, 4) is 17.0 Å². The van der Waals surface area contributed by atoms with E-state index in [0.717, 1.165) is 17.4 Å². The Kier molecular flexibility index (Phi) is 3.40. The number of carbonyl (C=O) groups is 1. The largest absolute Gasteiger partial charge is 0.481 e. The third-order valence-electron chi connectivity index (χ3n) is 2.33. The molecule has 0 spiro atoms. The van der Waals surface area contributed by atoms with Crippen LogP contribution in [0.1, 0.15) is 10.4 Å². The molecule has 17 heavy (non-hydrogen) atoms. The minimum absolute atomic E-state index is 0.506. The molecule has 3 nitrogen and oxygen atoms in total. The van der Waals surface area contributed by atoms with Crippen molar-refractivity contribution in [2.75, 3.05) is 7.11 Å². The molecule has 2 rings (SSSR count). The highest BCUT2D eigenvalue weighted by molar-refractivity contribution is 6.31. The third-order valence-corrected chi connectivity index (χ3v) is 2.55. The number of carbonyl (C=O) groups excluding carboxylic acids is 1. The molecule has 2 aromatic rings. The monoisotopic (exact) mass is 247 g/mol. The average Bonchev–Trinajstić information content (AvgIpc) is 2.37. The van der Waals surface area contributed by atoms with Crippen LogP contribution >= 0.6 is 11.6 Å². The fourth-order valence-electron chi connectivity index (χ4n) is 1.61. The van der Waals surface area contributed by atoms with Gasteiger partial charge in [0.2, 0.25) is 5.88 Å². The van der Waals surface area contributed by atoms with Crippen LogP contribution in [0.5, 0.6) is 5.88 Å². The van der Waals surface area contributed by atoms with Gasteiger partial charge >= 0.3 is 0 Å². The first kappa shape index (κ1) is 11.6. The van der Waals surface area contributed by atoms with E-state index in [-0.39, 0.29) is 0 Å². The Balaban J connectivity index is 2.59. The van der Waals surface area contributed by atoms with Crippen LogP contribution in [-0.2, 0) is 0 Å². The zero-order valence-electron chi connectivity index (χ0n) is 9.18. The van der Waals surface area contributed by atoms with Crippen LogP contribution < -0.4 is 4.74 Å². The SMILES string of the molecule is COc1ncccc1-c1cc(Cl)cc(C=O)c1. The van der Waals surface area contributed by atoms with Gasteiger partial charge in [0, 0.05) is 22.3 Å². The van der Waals surface area contributed by atoms with Crippen molar-refractivity contribution in [2.45, 2.75) is 0 Å². The van der Waals surface area contributed by atoms with Gasteiger partial charge in [-0.25, -0.2) is 4.98 Å². The summed E-state index contributed by atoms with van der Waals surface area (Å²) in [5.41, 5.74) is 2.14. The fourth-order valence-corrected chi connectivity index (χ4v) is 1.85. The zero-order chi connectivity index (χ0) is 12.3. The third kappa shape index (κ3) is 2.45. The van der Waals surface area contributed by atoms with E-state index < -0.39 is 0 Å². The molecule has 0 saturated carbocycles. The maximum atomic E-state index is 10.8. The Hall–Kier alpha value is -1.87. The Morgan fingerprint density at radius 3 is 2.88 bits per heavy atom. The Morgan fingerprint density at radius 1 is 1.35 bits per heavy atom. The lowest BCUT2D eigenvalue weighted by Gasteiger charge is -2.07. The number of benzene rings is 1. The molecule has 0 aliphatic carbocycles. The first-order chi connectivity index (χ1) is 8.24. The van der Waals surface area contributed by atoms with Crippen LogP contribution in [-0.4, -0.2) is 18.4 Å². The maximum Gasteiger partial charge on any atom is 0.221 e. The number of hydrogen-bond donors (Lipinski definition) is 0. The predicted octanol–water partition coefficient (Wildman–Crippen LogP) is 3.22. The zero-order valence-corrected chi connectivity index (χ0v) is 9.94. The highest BCUT2D eigenvalue weighted by atomic mass is 35.5. The molecule has 0 bridgehead atoms. The summed E-state index contributed by atoms with van der Waals surface area (Å²) in [4.78, 5) is 14.9. The van der Waals surface area contributed by atoms with Gasteiger partial charge in [-0.3, -0.25) is 4.79 Å². The lowest BCUT2D eigenvalue weighted by atomic mass is 10.0. The molecule has 0 amide bonds. The molecule has 0 atom stereocenters. The minimum atomic E-state index is 0.506. The fraction of sp³-hybridized carbons (Fsp3) is 0.0769. The van der Waals surface area contributed by atoms with E-state index in [4.69, 9.17) is 16.3 Å². The van der Waals surface area contributed by atoms with Crippen LogP contribution in [0.2, 0.25) is 5.02 Å². The summed E-state index contributed by atoms with van der Waals surface area (Å²) in [7, 11) is 1.55. The summed E-state index contributed by atoms with van der Waals surface area (Å²) in [6.45, 7) is 0. The average molecular weight is 248 g/mol. The van der Waals surface area contributed by atoms with E-state index in [0.29, 0.717) is 16.5 Å². The van der Waals surface area contributed by atoms with Gasteiger partial charge in [-0.15, -0.1) is 0 Å². The van der Waals surface area contributed by atoms with Crippen molar-refractivity contribution in [3.05, 3.63) is 47.1 Å². The first-order valence-corrected chi connectivity index (χ1v) is 5.37. The Labute approximate surface area is 104 Å². The van der Waals surface area contributed by atoms with Crippen LogP contribution in [0.4, 0.5) is 0 Å². The van der Waals surface area contributed by atoms with E-state index in [9.17, 15) is 4.79 Å². The van der Waals surface area contributed by atoms with Gasteiger partial charge in [-0.2, -0.15) is 0 Å². The number of aromatic nitrogens is 1. The van der Waals surface area contributed by atoms with Crippen LogP contribution in [0.3, 0.4) is 0 Å². The number of hydrogen-bond acceptors (Lipinski definition) is 3. The molecule has 0 saturated heterocycles. The number of pyridine rings is 1.